The van der Waals surface area contributed by atoms with Gasteiger partial charge in [-0.3, -0.25) is 4.98 Å². The molecule has 1 atom stereocenters. The molecule has 0 N–H and O–H groups in total. The van der Waals surface area contributed by atoms with Crippen LogP contribution in [0.5, 0.6) is 0 Å². The number of aromatic nitrogens is 1. The third-order valence-electron chi connectivity index (χ3n) is 9.53. The summed E-state index contributed by atoms with van der Waals surface area (Å²) in [6, 6.07) is 15.1. The number of nitrogens with zero attached hydrogens (tertiary/aromatic N) is 1. The van der Waals surface area contributed by atoms with Gasteiger partial charge in [0.1, 0.15) is 11.5 Å². The highest BCUT2D eigenvalue weighted by molar-refractivity contribution is 5.75. The number of pyridine rings is 1. The number of hydrogen-bond acceptors (Lipinski definition) is 1. The van der Waals surface area contributed by atoms with Gasteiger partial charge >= 0.3 is 0 Å². The van der Waals surface area contributed by atoms with Gasteiger partial charge in [-0.05, 0) is 116 Å². The van der Waals surface area contributed by atoms with Crippen LogP contribution in [-0.2, 0) is 18.5 Å². The molecule has 2 fully saturated rings. The first-order chi connectivity index (χ1) is 17.7. The molecule has 0 aliphatic heterocycles. The number of benzene rings is 2. The van der Waals surface area contributed by atoms with Gasteiger partial charge in [0.2, 0.25) is 0 Å². The Bertz CT molecular complexity index is 1270. The summed E-state index contributed by atoms with van der Waals surface area (Å²) < 4.78 is 28.6. The molecule has 1 heterocycles. The molecule has 0 amide bonds. The maximum Gasteiger partial charge on any atom is 0.130 e. The van der Waals surface area contributed by atoms with Crippen molar-refractivity contribution in [3.8, 4) is 11.1 Å². The zero-order valence-electron chi connectivity index (χ0n) is 22.5. The Hall–Kier alpha value is -2.55. The fraction of sp³-hybridized carbons (Fsp3) is 0.500. The Morgan fingerprint density at radius 1 is 0.946 bits per heavy atom. The molecule has 1 unspecified atom stereocenters. The van der Waals surface area contributed by atoms with Crippen LogP contribution in [0.25, 0.3) is 11.1 Å². The standard InChI is InChI=1S/C34H39F2N/c1-22-20-34(17-6-18-34)21-29-30(22)31(24-11-15-27(35)16-12-24)28(32(37-29)25-7-4-5-8-25)19-23-9-13-26(14-10-23)33(2,3)36/h9-16,22,25H,4-8,17-21H2,1-3H3. The molecule has 0 radical (unpaired) electrons. The van der Waals surface area contributed by atoms with E-state index in [0.717, 1.165) is 18.4 Å². The molecule has 0 saturated heterocycles. The zero-order chi connectivity index (χ0) is 25.8. The Kier molecular flexibility index (Phi) is 6.24. The molecule has 1 nitrogen and oxygen atoms in total. The average molecular weight is 500 g/mol. The summed E-state index contributed by atoms with van der Waals surface area (Å²) in [6.07, 6.45) is 12.0. The first-order valence-electron chi connectivity index (χ1n) is 14.3. The topological polar surface area (TPSA) is 12.9 Å². The highest BCUT2D eigenvalue weighted by atomic mass is 19.1. The van der Waals surface area contributed by atoms with Crippen molar-refractivity contribution in [2.75, 3.05) is 0 Å². The first kappa shape index (κ1) is 24.8. The lowest BCUT2D eigenvalue weighted by Gasteiger charge is -2.48. The predicted octanol–water partition coefficient (Wildman–Crippen LogP) is 9.56. The van der Waals surface area contributed by atoms with Crippen molar-refractivity contribution in [2.24, 2.45) is 5.41 Å². The lowest BCUT2D eigenvalue weighted by Crippen LogP contribution is -2.38. The van der Waals surface area contributed by atoms with Crippen molar-refractivity contribution in [1.29, 1.82) is 0 Å². The van der Waals surface area contributed by atoms with Crippen LogP contribution < -0.4 is 0 Å². The summed E-state index contributed by atoms with van der Waals surface area (Å²) in [6.45, 7) is 5.59. The Labute approximate surface area is 220 Å². The van der Waals surface area contributed by atoms with Gasteiger partial charge in [-0.25, -0.2) is 8.78 Å². The van der Waals surface area contributed by atoms with Crippen molar-refractivity contribution >= 4 is 0 Å². The molecule has 3 heteroatoms. The molecule has 1 aromatic heterocycles. The minimum absolute atomic E-state index is 0.199. The quantitative estimate of drug-likeness (QED) is 0.340. The van der Waals surface area contributed by atoms with Crippen LogP contribution in [0.4, 0.5) is 8.78 Å². The maximum absolute atomic E-state index is 14.6. The SMILES string of the molecule is CC1CC2(CCC2)Cc2nc(C3CCCC3)c(Cc3ccc(C(C)(C)F)cc3)c(-c3ccc(F)cc3)c21. The van der Waals surface area contributed by atoms with E-state index in [4.69, 9.17) is 4.98 Å². The molecule has 3 aliphatic rings. The van der Waals surface area contributed by atoms with Crippen molar-refractivity contribution in [1.82, 2.24) is 4.98 Å². The zero-order valence-corrected chi connectivity index (χ0v) is 22.5. The van der Waals surface area contributed by atoms with Crippen molar-refractivity contribution in [3.63, 3.8) is 0 Å². The number of fused-ring (bicyclic) bond motifs is 1. The molecule has 2 saturated carbocycles. The highest BCUT2D eigenvalue weighted by Crippen LogP contribution is 2.56. The first-order valence-corrected chi connectivity index (χ1v) is 14.3. The normalized spacial score (nSPS) is 21.2. The van der Waals surface area contributed by atoms with Crippen molar-refractivity contribution < 1.29 is 8.78 Å². The molecular formula is C34H39F2N. The minimum Gasteiger partial charge on any atom is -0.257 e. The largest absolute Gasteiger partial charge is 0.257 e. The van der Waals surface area contributed by atoms with E-state index in [9.17, 15) is 8.78 Å². The predicted molar refractivity (Wildman–Crippen MR) is 147 cm³/mol. The lowest BCUT2D eigenvalue weighted by molar-refractivity contribution is 0.0981. The molecule has 3 aliphatic carbocycles. The molecule has 2 aromatic carbocycles. The third-order valence-corrected chi connectivity index (χ3v) is 9.53. The second-order valence-electron chi connectivity index (χ2n) is 12.7. The van der Waals surface area contributed by atoms with Crippen LogP contribution in [0.15, 0.2) is 48.5 Å². The molecule has 37 heavy (non-hydrogen) atoms. The monoisotopic (exact) mass is 499 g/mol. The van der Waals surface area contributed by atoms with Gasteiger partial charge in [0, 0.05) is 17.3 Å². The minimum atomic E-state index is -1.35. The van der Waals surface area contributed by atoms with Gasteiger partial charge < -0.3 is 0 Å². The Morgan fingerprint density at radius 2 is 1.62 bits per heavy atom. The second-order valence-corrected chi connectivity index (χ2v) is 12.7. The number of rotatable bonds is 5. The van der Waals surface area contributed by atoms with Crippen LogP contribution >= 0.6 is 0 Å². The fourth-order valence-electron chi connectivity index (χ4n) is 7.50. The van der Waals surface area contributed by atoms with Crippen LogP contribution in [0.3, 0.4) is 0 Å². The number of alkyl halides is 1. The van der Waals surface area contributed by atoms with Crippen molar-refractivity contribution in [3.05, 3.63) is 88.0 Å². The van der Waals surface area contributed by atoms with Gasteiger partial charge in [-0.2, -0.15) is 0 Å². The lowest BCUT2D eigenvalue weighted by atomic mass is 9.57. The van der Waals surface area contributed by atoms with E-state index in [0.29, 0.717) is 22.8 Å². The van der Waals surface area contributed by atoms with Crippen molar-refractivity contribution in [2.45, 2.75) is 102 Å². The van der Waals surface area contributed by atoms with Gasteiger partial charge in [-0.15, -0.1) is 0 Å². The van der Waals surface area contributed by atoms with E-state index in [1.165, 1.54) is 85.0 Å². The van der Waals surface area contributed by atoms with E-state index < -0.39 is 5.67 Å². The maximum atomic E-state index is 14.6. The summed E-state index contributed by atoms with van der Waals surface area (Å²) in [5.41, 5.74) is 8.63. The molecular weight excluding hydrogens is 460 g/mol. The molecule has 3 aromatic rings. The smallest absolute Gasteiger partial charge is 0.130 e. The van der Waals surface area contributed by atoms with E-state index in [-0.39, 0.29) is 5.82 Å². The molecule has 6 rings (SSSR count). The summed E-state index contributed by atoms with van der Waals surface area (Å²) >= 11 is 0. The molecule has 194 valence electrons. The average Bonchev–Trinajstić information content (AvgIpc) is 3.38. The van der Waals surface area contributed by atoms with Crippen LogP contribution in [0.2, 0.25) is 0 Å². The summed E-state index contributed by atoms with van der Waals surface area (Å²) in [5.74, 6) is 0.718. The van der Waals surface area contributed by atoms with E-state index in [1.807, 2.05) is 24.3 Å². The van der Waals surface area contributed by atoms with E-state index >= 15 is 0 Å². The second kappa shape index (κ2) is 9.33. The van der Waals surface area contributed by atoms with Crippen LogP contribution in [0, 0.1) is 11.2 Å². The van der Waals surface area contributed by atoms with Crippen LogP contribution in [0.1, 0.15) is 118 Å². The summed E-state index contributed by atoms with van der Waals surface area (Å²) in [5, 5.41) is 0. The van der Waals surface area contributed by atoms with Gasteiger partial charge in [0.15, 0.2) is 0 Å². The van der Waals surface area contributed by atoms with Crippen LogP contribution in [-0.4, -0.2) is 4.98 Å². The van der Waals surface area contributed by atoms with Gasteiger partial charge in [0.25, 0.3) is 0 Å². The van der Waals surface area contributed by atoms with E-state index in [2.05, 4.69) is 19.1 Å². The van der Waals surface area contributed by atoms with Gasteiger partial charge in [0.05, 0.1) is 0 Å². The Morgan fingerprint density at radius 3 is 2.22 bits per heavy atom. The fourth-order valence-corrected chi connectivity index (χ4v) is 7.50. The summed E-state index contributed by atoms with van der Waals surface area (Å²) in [4.78, 5) is 5.55. The van der Waals surface area contributed by atoms with E-state index in [1.54, 1.807) is 26.0 Å². The molecule has 1 spiro atoms. The highest BCUT2D eigenvalue weighted by Gasteiger charge is 2.44. The molecule has 0 bridgehead atoms. The third kappa shape index (κ3) is 4.64. The van der Waals surface area contributed by atoms with Gasteiger partial charge in [-0.1, -0.05) is 62.6 Å². The number of halogens is 2. The number of hydrogen-bond donors (Lipinski definition) is 0. The Balaban J connectivity index is 1.54. The summed E-state index contributed by atoms with van der Waals surface area (Å²) in [7, 11) is 0.